The highest BCUT2D eigenvalue weighted by Crippen LogP contribution is 2.27. The number of nitrogens with one attached hydrogen (secondary N) is 1. The van der Waals surface area contributed by atoms with Crippen LogP contribution in [0.15, 0.2) is 59.8 Å². The molecular formula is C23H18F4N6O2S. The van der Waals surface area contributed by atoms with E-state index in [0.29, 0.717) is 16.5 Å². The van der Waals surface area contributed by atoms with Crippen LogP contribution in [-0.2, 0) is 5.75 Å². The number of ether oxygens (including phenoxy) is 1. The quantitative estimate of drug-likeness (QED) is 0.203. The van der Waals surface area contributed by atoms with Crippen molar-refractivity contribution in [3.05, 3.63) is 83.2 Å². The van der Waals surface area contributed by atoms with Crippen LogP contribution in [0.2, 0.25) is 0 Å². The number of nitrogens with zero attached hydrogens (tertiary/aromatic N) is 5. The third-order valence-corrected chi connectivity index (χ3v) is 5.57. The van der Waals surface area contributed by atoms with Crippen molar-refractivity contribution in [3.8, 4) is 11.4 Å². The normalized spacial score (nSPS) is 11.4. The van der Waals surface area contributed by atoms with Gasteiger partial charge in [-0.05, 0) is 56.3 Å². The van der Waals surface area contributed by atoms with Gasteiger partial charge in [0.15, 0.2) is 10.9 Å². The minimum atomic E-state index is -4.83. The molecule has 2 heterocycles. The summed E-state index contributed by atoms with van der Waals surface area (Å²) >= 11 is 1.22. The fraction of sp³-hybridized carbons (Fsp3) is 0.174. The van der Waals surface area contributed by atoms with Gasteiger partial charge in [-0.2, -0.15) is 0 Å². The van der Waals surface area contributed by atoms with E-state index < -0.39 is 23.8 Å². The van der Waals surface area contributed by atoms with Gasteiger partial charge >= 0.3 is 6.36 Å². The second-order valence-corrected chi connectivity index (χ2v) is 8.44. The lowest BCUT2D eigenvalue weighted by Crippen LogP contribution is -2.17. The molecule has 0 unspecified atom stereocenters. The maximum atomic E-state index is 14.1. The average molecular weight is 518 g/mol. The van der Waals surface area contributed by atoms with E-state index in [0.717, 1.165) is 23.5 Å². The minimum absolute atomic E-state index is 0.0399. The largest absolute Gasteiger partial charge is 0.573 e. The number of rotatable bonds is 7. The number of halogens is 4. The number of para-hydroxylation sites is 1. The maximum Gasteiger partial charge on any atom is 0.573 e. The number of carbonyl (C=O) groups is 1. The second kappa shape index (κ2) is 10.3. The van der Waals surface area contributed by atoms with Gasteiger partial charge in [0.05, 0.1) is 17.1 Å². The number of aromatic nitrogens is 5. The Hall–Kier alpha value is -4.00. The molecule has 0 aliphatic carbocycles. The van der Waals surface area contributed by atoms with Gasteiger partial charge in [0.25, 0.3) is 5.91 Å². The van der Waals surface area contributed by atoms with Crippen molar-refractivity contribution >= 4 is 23.4 Å². The van der Waals surface area contributed by atoms with Crippen molar-refractivity contribution in [3.63, 3.8) is 0 Å². The molecule has 0 spiro atoms. The first-order valence-corrected chi connectivity index (χ1v) is 11.4. The van der Waals surface area contributed by atoms with E-state index in [9.17, 15) is 22.4 Å². The van der Waals surface area contributed by atoms with Crippen molar-refractivity contribution in [2.24, 2.45) is 0 Å². The number of anilines is 1. The number of alkyl halides is 3. The van der Waals surface area contributed by atoms with Crippen LogP contribution in [0.3, 0.4) is 0 Å². The van der Waals surface area contributed by atoms with E-state index in [1.165, 1.54) is 46.8 Å². The average Bonchev–Trinajstić information content (AvgIpc) is 3.22. The topological polar surface area (TPSA) is 94.8 Å². The van der Waals surface area contributed by atoms with Crippen LogP contribution in [0.5, 0.6) is 5.75 Å². The highest BCUT2D eigenvalue weighted by molar-refractivity contribution is 7.98. The molecule has 0 bridgehead atoms. The smallest absolute Gasteiger partial charge is 0.406 e. The second-order valence-electron chi connectivity index (χ2n) is 7.49. The molecule has 0 radical (unpaired) electrons. The van der Waals surface area contributed by atoms with E-state index in [1.807, 2.05) is 19.9 Å². The summed E-state index contributed by atoms with van der Waals surface area (Å²) in [5.74, 6) is -1.61. The molecule has 0 saturated carbocycles. The van der Waals surface area contributed by atoms with Gasteiger partial charge in [0, 0.05) is 17.1 Å². The molecular weight excluding hydrogens is 500 g/mol. The Morgan fingerprint density at radius 2 is 1.72 bits per heavy atom. The van der Waals surface area contributed by atoms with Crippen LogP contribution < -0.4 is 10.1 Å². The van der Waals surface area contributed by atoms with E-state index in [1.54, 1.807) is 6.07 Å². The number of thioether (sulfide) groups is 1. The Balaban J connectivity index is 1.67. The lowest BCUT2D eigenvalue weighted by atomic mass is 10.2. The summed E-state index contributed by atoms with van der Waals surface area (Å²) in [6, 6.07) is 12.4. The molecule has 0 aliphatic heterocycles. The molecule has 1 amide bonds. The summed E-state index contributed by atoms with van der Waals surface area (Å²) in [5, 5.41) is 10.9. The number of amides is 1. The Morgan fingerprint density at radius 1 is 1.06 bits per heavy atom. The van der Waals surface area contributed by atoms with E-state index >= 15 is 0 Å². The minimum Gasteiger partial charge on any atom is -0.406 e. The highest BCUT2D eigenvalue weighted by atomic mass is 32.2. The fourth-order valence-electron chi connectivity index (χ4n) is 3.24. The van der Waals surface area contributed by atoms with E-state index in [4.69, 9.17) is 0 Å². The van der Waals surface area contributed by atoms with Gasteiger partial charge in [-0.15, -0.1) is 18.3 Å². The Bertz CT molecular complexity index is 1370. The van der Waals surface area contributed by atoms with Crippen LogP contribution in [-0.4, -0.2) is 37.2 Å². The summed E-state index contributed by atoms with van der Waals surface area (Å²) < 4.78 is 56.8. The fourth-order valence-corrected chi connectivity index (χ4v) is 4.18. The zero-order valence-electron chi connectivity index (χ0n) is 18.9. The van der Waals surface area contributed by atoms with Crippen LogP contribution in [0, 0.1) is 19.7 Å². The third-order valence-electron chi connectivity index (χ3n) is 4.71. The number of hydrogen-bond acceptors (Lipinski definition) is 7. The lowest BCUT2D eigenvalue weighted by Gasteiger charge is -2.11. The van der Waals surface area contributed by atoms with E-state index in [-0.39, 0.29) is 17.1 Å². The molecule has 186 valence electrons. The first-order valence-electron chi connectivity index (χ1n) is 10.4. The molecule has 2 aromatic heterocycles. The molecule has 36 heavy (non-hydrogen) atoms. The predicted octanol–water partition coefficient (Wildman–Crippen LogP) is 5.26. The number of carbonyl (C=O) groups excluding carboxylic acids is 1. The van der Waals surface area contributed by atoms with Crippen molar-refractivity contribution in [1.29, 1.82) is 0 Å². The molecule has 8 nitrogen and oxygen atoms in total. The van der Waals surface area contributed by atoms with Crippen molar-refractivity contribution in [2.75, 3.05) is 5.32 Å². The van der Waals surface area contributed by atoms with E-state index in [2.05, 4.69) is 30.3 Å². The van der Waals surface area contributed by atoms with Crippen LogP contribution >= 0.6 is 11.8 Å². The van der Waals surface area contributed by atoms with Gasteiger partial charge in [-0.1, -0.05) is 29.1 Å². The third kappa shape index (κ3) is 6.16. The van der Waals surface area contributed by atoms with Crippen LogP contribution in [0.1, 0.15) is 27.6 Å². The zero-order chi connectivity index (χ0) is 25.9. The Kier molecular flexibility index (Phi) is 7.20. The predicted molar refractivity (Wildman–Crippen MR) is 123 cm³/mol. The zero-order valence-corrected chi connectivity index (χ0v) is 19.7. The maximum absolute atomic E-state index is 14.1. The van der Waals surface area contributed by atoms with Gasteiger partial charge < -0.3 is 10.1 Å². The Morgan fingerprint density at radius 3 is 2.36 bits per heavy atom. The molecule has 0 fully saturated rings. The number of benzene rings is 2. The van der Waals surface area contributed by atoms with Gasteiger partial charge in [-0.25, -0.2) is 19.0 Å². The summed E-state index contributed by atoms with van der Waals surface area (Å²) in [6.45, 7) is 3.64. The monoisotopic (exact) mass is 518 g/mol. The van der Waals surface area contributed by atoms with Crippen molar-refractivity contribution in [2.45, 2.75) is 31.1 Å². The number of hydrogen-bond donors (Lipinski definition) is 1. The molecule has 1 N–H and O–H groups in total. The first-order chi connectivity index (χ1) is 17.1. The molecule has 4 rings (SSSR count). The lowest BCUT2D eigenvalue weighted by molar-refractivity contribution is -0.274. The number of aryl methyl sites for hydroxylation is 2. The molecule has 0 saturated heterocycles. The Labute approximate surface area is 206 Å². The van der Waals surface area contributed by atoms with Crippen molar-refractivity contribution < 1.29 is 27.1 Å². The van der Waals surface area contributed by atoms with Crippen LogP contribution in [0.25, 0.3) is 5.69 Å². The summed E-state index contributed by atoms with van der Waals surface area (Å²) in [7, 11) is 0. The van der Waals surface area contributed by atoms with Gasteiger partial charge in [0.1, 0.15) is 11.6 Å². The van der Waals surface area contributed by atoms with Gasteiger partial charge in [0.2, 0.25) is 0 Å². The summed E-state index contributed by atoms with van der Waals surface area (Å²) in [6.07, 6.45) is -4.83. The summed E-state index contributed by atoms with van der Waals surface area (Å²) in [5.41, 5.74) is 2.02. The summed E-state index contributed by atoms with van der Waals surface area (Å²) in [4.78, 5) is 21.7. The molecule has 0 atom stereocenters. The highest BCUT2D eigenvalue weighted by Gasteiger charge is 2.31. The SMILES string of the molecule is Cc1cc(C)nc(SCc2c(C(=O)Nc3ccccc3F)nnn2-c2ccc(OC(F)(F)F)cc2)n1. The molecule has 0 aliphatic rings. The molecule has 4 aromatic rings. The molecule has 13 heteroatoms. The first kappa shape index (κ1) is 25.1. The van der Waals surface area contributed by atoms with Gasteiger partial charge in [-0.3, -0.25) is 4.79 Å². The standard InChI is InChI=1S/C23H18F4N6O2S/c1-13-11-14(2)29-22(28-13)36-12-19-20(21(34)30-18-6-4-3-5-17(18)24)31-32-33(19)15-7-9-16(10-8-15)35-23(25,26)27/h3-11H,12H2,1-2H3,(H,30,34). The molecule has 2 aromatic carbocycles. The van der Waals surface area contributed by atoms with Crippen LogP contribution in [0.4, 0.5) is 23.2 Å². The van der Waals surface area contributed by atoms with Crippen molar-refractivity contribution in [1.82, 2.24) is 25.0 Å².